The molecule has 0 aliphatic heterocycles. The Hall–Kier alpha value is -1.59. The summed E-state index contributed by atoms with van der Waals surface area (Å²) in [6, 6.07) is 7.24. The third-order valence-electron chi connectivity index (χ3n) is 2.85. The lowest BCUT2D eigenvalue weighted by Gasteiger charge is -2.23. The van der Waals surface area contributed by atoms with Crippen molar-refractivity contribution in [3.05, 3.63) is 34.9 Å². The van der Waals surface area contributed by atoms with Crippen molar-refractivity contribution in [1.82, 2.24) is 10.2 Å². The molecule has 20 heavy (non-hydrogen) atoms. The van der Waals surface area contributed by atoms with E-state index in [0.29, 0.717) is 11.6 Å². The molecule has 6 heteroatoms. The van der Waals surface area contributed by atoms with E-state index in [1.165, 1.54) is 0 Å². The minimum Gasteiger partial charge on any atom is -0.480 e. The van der Waals surface area contributed by atoms with E-state index in [1.54, 1.807) is 11.0 Å². The van der Waals surface area contributed by atoms with Crippen LogP contribution in [0.5, 0.6) is 0 Å². The van der Waals surface area contributed by atoms with Gasteiger partial charge < -0.3 is 10.4 Å². The molecule has 1 amide bonds. The largest absolute Gasteiger partial charge is 0.480 e. The monoisotopic (exact) mass is 298 g/mol. The van der Waals surface area contributed by atoms with Crippen molar-refractivity contribution in [2.75, 3.05) is 13.1 Å². The van der Waals surface area contributed by atoms with E-state index >= 15 is 0 Å². The number of halogens is 1. The zero-order valence-electron chi connectivity index (χ0n) is 11.6. The maximum Gasteiger partial charge on any atom is 0.317 e. The molecular weight excluding hydrogens is 280 g/mol. The topological polar surface area (TPSA) is 69.6 Å². The van der Waals surface area contributed by atoms with Gasteiger partial charge in [0.05, 0.1) is 13.1 Å². The van der Waals surface area contributed by atoms with Gasteiger partial charge >= 0.3 is 5.97 Å². The Morgan fingerprint density at radius 3 is 2.50 bits per heavy atom. The molecule has 0 spiro atoms. The molecule has 1 rings (SSSR count). The van der Waals surface area contributed by atoms with Crippen LogP contribution in [0.1, 0.15) is 19.4 Å². The first kappa shape index (κ1) is 16.5. The summed E-state index contributed by atoms with van der Waals surface area (Å²) in [6.07, 6.45) is 0. The van der Waals surface area contributed by atoms with Crippen molar-refractivity contribution in [3.63, 3.8) is 0 Å². The van der Waals surface area contributed by atoms with Gasteiger partial charge in [0, 0.05) is 17.6 Å². The number of hydrogen-bond donors (Lipinski definition) is 2. The second kappa shape index (κ2) is 7.87. The first-order chi connectivity index (χ1) is 9.40. The molecular formula is C14H19ClN2O3. The number of carboxylic acid groups (broad SMARTS) is 1. The molecule has 0 saturated carbocycles. The average molecular weight is 299 g/mol. The second-order valence-corrected chi connectivity index (χ2v) is 5.17. The highest BCUT2D eigenvalue weighted by Crippen LogP contribution is 2.14. The van der Waals surface area contributed by atoms with Crippen LogP contribution in [0.3, 0.4) is 0 Å². The number of amides is 1. The summed E-state index contributed by atoms with van der Waals surface area (Å²) in [5, 5.41) is 12.1. The Balaban J connectivity index is 2.50. The smallest absolute Gasteiger partial charge is 0.317 e. The highest BCUT2D eigenvalue weighted by atomic mass is 35.5. The quantitative estimate of drug-likeness (QED) is 0.804. The van der Waals surface area contributed by atoms with Crippen LogP contribution < -0.4 is 5.32 Å². The minimum absolute atomic E-state index is 0.0165. The molecule has 110 valence electrons. The van der Waals surface area contributed by atoms with E-state index in [2.05, 4.69) is 5.32 Å². The van der Waals surface area contributed by atoms with Crippen LogP contribution in [0, 0.1) is 0 Å². The number of carbonyl (C=O) groups excluding carboxylic acids is 1. The van der Waals surface area contributed by atoms with Crippen LogP contribution >= 0.6 is 11.6 Å². The Morgan fingerprint density at radius 1 is 1.30 bits per heavy atom. The number of rotatable bonds is 7. The number of aliphatic carboxylic acids is 1. The maximum atomic E-state index is 11.8. The van der Waals surface area contributed by atoms with Crippen molar-refractivity contribution >= 4 is 23.5 Å². The van der Waals surface area contributed by atoms with Gasteiger partial charge in [0.2, 0.25) is 5.91 Å². The molecule has 0 radical (unpaired) electrons. The number of carbonyl (C=O) groups is 2. The molecule has 2 N–H and O–H groups in total. The Bertz CT molecular complexity index is 477. The Labute approximate surface area is 123 Å². The minimum atomic E-state index is -0.947. The van der Waals surface area contributed by atoms with Gasteiger partial charge in [-0.15, -0.1) is 0 Å². The van der Waals surface area contributed by atoms with Crippen molar-refractivity contribution in [2.24, 2.45) is 0 Å². The normalized spacial score (nSPS) is 10.8. The Morgan fingerprint density at radius 2 is 1.95 bits per heavy atom. The van der Waals surface area contributed by atoms with E-state index in [1.807, 2.05) is 32.0 Å². The van der Waals surface area contributed by atoms with Crippen molar-refractivity contribution < 1.29 is 14.7 Å². The predicted octanol–water partition coefficient (Wildman–Crippen LogP) is 1.75. The van der Waals surface area contributed by atoms with Gasteiger partial charge in [0.25, 0.3) is 0 Å². The molecule has 5 nitrogen and oxygen atoms in total. The molecule has 0 aliphatic rings. The van der Waals surface area contributed by atoms with Gasteiger partial charge in [-0.1, -0.05) is 29.8 Å². The molecule has 0 bridgehead atoms. The summed E-state index contributed by atoms with van der Waals surface area (Å²) in [5.41, 5.74) is 0.830. The lowest BCUT2D eigenvalue weighted by molar-refractivity contribution is -0.139. The average Bonchev–Trinajstić information content (AvgIpc) is 2.36. The lowest BCUT2D eigenvalue weighted by Crippen LogP contribution is -2.43. The van der Waals surface area contributed by atoms with E-state index in [9.17, 15) is 9.59 Å². The highest BCUT2D eigenvalue weighted by molar-refractivity contribution is 6.31. The maximum absolute atomic E-state index is 11.8. The van der Waals surface area contributed by atoms with E-state index in [-0.39, 0.29) is 25.0 Å². The van der Waals surface area contributed by atoms with Crippen LogP contribution in [-0.2, 0) is 16.1 Å². The molecule has 0 saturated heterocycles. The molecule has 0 aliphatic carbocycles. The van der Waals surface area contributed by atoms with E-state index in [0.717, 1.165) is 5.56 Å². The fourth-order valence-electron chi connectivity index (χ4n) is 1.67. The third kappa shape index (κ3) is 5.59. The van der Waals surface area contributed by atoms with Gasteiger partial charge in [-0.25, -0.2) is 0 Å². The third-order valence-corrected chi connectivity index (χ3v) is 3.22. The second-order valence-electron chi connectivity index (χ2n) is 4.76. The molecule has 0 fully saturated rings. The standard InChI is InChI=1S/C14H19ClN2O3/c1-10(2)17(9-14(19)20)8-13(18)16-7-11-5-3-4-6-12(11)15/h3-6,10H,7-9H2,1-2H3,(H,16,18)(H,19,20). The molecule has 1 aromatic rings. The molecule has 0 unspecified atom stereocenters. The summed E-state index contributed by atoms with van der Waals surface area (Å²) in [5.74, 6) is -1.17. The zero-order valence-corrected chi connectivity index (χ0v) is 12.4. The molecule has 1 aromatic carbocycles. The van der Waals surface area contributed by atoms with Crippen LogP contribution in [-0.4, -0.2) is 41.0 Å². The van der Waals surface area contributed by atoms with Crippen molar-refractivity contribution in [3.8, 4) is 0 Å². The van der Waals surface area contributed by atoms with Crippen LogP contribution in [0.25, 0.3) is 0 Å². The predicted molar refractivity (Wildman–Crippen MR) is 77.6 cm³/mol. The summed E-state index contributed by atoms with van der Waals surface area (Å²) in [6.45, 7) is 3.93. The fraction of sp³-hybridized carbons (Fsp3) is 0.429. The number of nitrogens with one attached hydrogen (secondary N) is 1. The zero-order chi connectivity index (χ0) is 15.1. The SMILES string of the molecule is CC(C)N(CC(=O)O)CC(=O)NCc1ccccc1Cl. The molecule has 0 atom stereocenters. The fourth-order valence-corrected chi connectivity index (χ4v) is 1.87. The first-order valence-corrected chi connectivity index (χ1v) is 6.74. The summed E-state index contributed by atoms with van der Waals surface area (Å²) >= 11 is 5.99. The highest BCUT2D eigenvalue weighted by Gasteiger charge is 2.16. The number of hydrogen-bond acceptors (Lipinski definition) is 3. The van der Waals surface area contributed by atoms with Gasteiger partial charge in [0.1, 0.15) is 0 Å². The first-order valence-electron chi connectivity index (χ1n) is 6.36. The van der Waals surface area contributed by atoms with Crippen molar-refractivity contribution in [2.45, 2.75) is 26.4 Å². The van der Waals surface area contributed by atoms with Gasteiger partial charge in [0.15, 0.2) is 0 Å². The Kier molecular flexibility index (Phi) is 6.48. The van der Waals surface area contributed by atoms with Crippen molar-refractivity contribution in [1.29, 1.82) is 0 Å². The number of nitrogens with zero attached hydrogens (tertiary/aromatic N) is 1. The van der Waals surface area contributed by atoms with Gasteiger partial charge in [-0.05, 0) is 25.5 Å². The van der Waals surface area contributed by atoms with Crippen LogP contribution in [0.2, 0.25) is 5.02 Å². The number of benzene rings is 1. The summed E-state index contributed by atoms with van der Waals surface area (Å²) in [7, 11) is 0. The van der Waals surface area contributed by atoms with Gasteiger partial charge in [-0.3, -0.25) is 14.5 Å². The lowest BCUT2D eigenvalue weighted by atomic mass is 10.2. The number of carboxylic acids is 1. The van der Waals surface area contributed by atoms with E-state index < -0.39 is 5.97 Å². The summed E-state index contributed by atoms with van der Waals surface area (Å²) in [4.78, 5) is 24.2. The molecule has 0 heterocycles. The van der Waals surface area contributed by atoms with Crippen LogP contribution in [0.15, 0.2) is 24.3 Å². The summed E-state index contributed by atoms with van der Waals surface area (Å²) < 4.78 is 0. The molecule has 0 aromatic heterocycles. The van der Waals surface area contributed by atoms with Gasteiger partial charge in [-0.2, -0.15) is 0 Å². The van der Waals surface area contributed by atoms with E-state index in [4.69, 9.17) is 16.7 Å². The van der Waals surface area contributed by atoms with Crippen LogP contribution in [0.4, 0.5) is 0 Å².